The van der Waals surface area contributed by atoms with Gasteiger partial charge in [0.15, 0.2) is 0 Å². The molecule has 3 heterocycles. The predicted octanol–water partition coefficient (Wildman–Crippen LogP) is 4.50. The van der Waals surface area contributed by atoms with Crippen molar-refractivity contribution >= 4 is 35.1 Å². The normalized spacial score (nSPS) is 22.3. The van der Waals surface area contributed by atoms with Gasteiger partial charge < -0.3 is 29.2 Å². The average Bonchev–Trinajstić information content (AvgIpc) is 3.66. The highest BCUT2D eigenvalue weighted by molar-refractivity contribution is 7.70. The number of nitrogens with zero attached hydrogens (tertiary/aromatic N) is 3. The first-order valence-electron chi connectivity index (χ1n) is 15.0. The number of amides is 1. The molecule has 0 aliphatic carbocycles. The number of imidazole rings is 1. The van der Waals surface area contributed by atoms with E-state index in [0.717, 1.165) is 17.3 Å². The van der Waals surface area contributed by atoms with Crippen molar-refractivity contribution in [2.24, 2.45) is 5.92 Å². The number of nitrogens with one attached hydrogen (secondary N) is 2. The van der Waals surface area contributed by atoms with Gasteiger partial charge in [-0.2, -0.15) is 13.2 Å². The van der Waals surface area contributed by atoms with Gasteiger partial charge in [-0.1, -0.05) is 18.8 Å². The lowest BCUT2D eigenvalue weighted by Gasteiger charge is -2.41. The molecule has 2 N–H and O–H groups in total. The van der Waals surface area contributed by atoms with Crippen molar-refractivity contribution in [1.82, 2.24) is 19.8 Å². The maximum atomic E-state index is 15.5. The van der Waals surface area contributed by atoms with Gasteiger partial charge in [-0.25, -0.2) is 9.37 Å². The fourth-order valence-corrected chi connectivity index (χ4v) is 6.88. The Labute approximate surface area is 265 Å². The van der Waals surface area contributed by atoms with Crippen molar-refractivity contribution in [3.05, 3.63) is 47.8 Å². The molecule has 4 atom stereocenters. The smallest absolute Gasteiger partial charge is 0.406 e. The molecule has 5 rings (SSSR count). The molecule has 0 radical (unpaired) electrons. The van der Waals surface area contributed by atoms with Gasteiger partial charge in [-0.3, -0.25) is 9.69 Å². The van der Waals surface area contributed by atoms with Gasteiger partial charge >= 0.3 is 6.18 Å². The van der Waals surface area contributed by atoms with E-state index >= 15 is 4.39 Å². The quantitative estimate of drug-likeness (QED) is 0.208. The second-order valence-electron chi connectivity index (χ2n) is 12.2. The first kappa shape index (κ1) is 33.8. The zero-order valence-corrected chi connectivity index (χ0v) is 27.1. The number of fused-ring (bicyclic) bond motifs is 1. The van der Waals surface area contributed by atoms with Crippen LogP contribution in [-0.2, 0) is 15.8 Å². The van der Waals surface area contributed by atoms with Crippen LogP contribution in [0.1, 0.15) is 29.3 Å². The van der Waals surface area contributed by atoms with Gasteiger partial charge in [0.2, 0.25) is 0 Å². The number of likely N-dealkylation sites (tertiary alicyclic amines) is 1. The fourth-order valence-electron chi connectivity index (χ4n) is 6.00. The molecule has 0 spiro atoms. The molecule has 2 aliphatic rings. The Hall–Kier alpha value is -3.59. The highest BCUT2D eigenvalue weighted by atomic mass is 31.2. The summed E-state index contributed by atoms with van der Waals surface area (Å²) < 4.78 is 79.9. The number of piperidine rings is 1. The lowest BCUT2D eigenvalue weighted by atomic mass is 9.90. The van der Waals surface area contributed by atoms with Crippen molar-refractivity contribution in [3.8, 4) is 17.6 Å². The van der Waals surface area contributed by atoms with Gasteiger partial charge in [0, 0.05) is 36.6 Å². The van der Waals surface area contributed by atoms with E-state index in [0.29, 0.717) is 36.5 Å². The highest BCUT2D eigenvalue weighted by Crippen LogP contribution is 2.37. The number of methoxy groups -OCH3 is 1. The molecule has 46 heavy (non-hydrogen) atoms. The van der Waals surface area contributed by atoms with Crippen LogP contribution in [0, 0.1) is 17.8 Å². The van der Waals surface area contributed by atoms with Crippen LogP contribution in [0.2, 0.25) is 0 Å². The van der Waals surface area contributed by atoms with Crippen LogP contribution >= 0.6 is 7.14 Å². The number of hydrogen-bond acceptors (Lipinski definition) is 7. The van der Waals surface area contributed by atoms with Crippen LogP contribution in [0.3, 0.4) is 0 Å². The summed E-state index contributed by atoms with van der Waals surface area (Å²) in [4.78, 5) is 19.8. The zero-order chi connectivity index (χ0) is 33.2. The van der Waals surface area contributed by atoms with E-state index in [2.05, 4.69) is 32.4 Å². The average molecular weight is 664 g/mol. The summed E-state index contributed by atoms with van der Waals surface area (Å²) in [5.74, 6) is 5.53. The molecule has 1 unspecified atom stereocenters. The maximum absolute atomic E-state index is 15.5. The van der Waals surface area contributed by atoms with Gasteiger partial charge in [0.05, 0.1) is 49.4 Å². The van der Waals surface area contributed by atoms with Crippen LogP contribution in [0.4, 0.5) is 23.2 Å². The first-order chi connectivity index (χ1) is 21.7. The van der Waals surface area contributed by atoms with E-state index in [1.54, 1.807) is 31.5 Å². The monoisotopic (exact) mass is 663 g/mol. The van der Waals surface area contributed by atoms with Crippen molar-refractivity contribution in [3.63, 3.8) is 0 Å². The summed E-state index contributed by atoms with van der Waals surface area (Å²) in [5, 5.41) is 6.59. The summed E-state index contributed by atoms with van der Waals surface area (Å²) in [6.07, 6.45) is -4.00. The molecule has 2 aromatic carbocycles. The number of anilines is 1. The number of carbonyl (C=O) groups is 1. The fraction of sp³-hybridized carbons (Fsp3) is 0.500. The zero-order valence-electron chi connectivity index (χ0n) is 26.2. The molecule has 14 heteroatoms. The van der Waals surface area contributed by atoms with Crippen LogP contribution in [0.5, 0.6) is 5.75 Å². The van der Waals surface area contributed by atoms with E-state index < -0.39 is 38.0 Å². The Morgan fingerprint density at radius 2 is 2.00 bits per heavy atom. The van der Waals surface area contributed by atoms with E-state index in [-0.39, 0.29) is 47.2 Å². The molecule has 0 saturated carbocycles. The minimum absolute atomic E-state index is 0.0118. The molecular formula is C32H38F4N5O4P. The number of benzene rings is 2. The summed E-state index contributed by atoms with van der Waals surface area (Å²) in [5.41, 5.74) is 1.03. The number of carbonyl (C=O) groups excluding carboxylic acids is 1. The largest absolute Gasteiger partial charge is 0.495 e. The van der Waals surface area contributed by atoms with Crippen molar-refractivity contribution in [2.75, 3.05) is 58.6 Å². The first-order valence-corrected chi connectivity index (χ1v) is 17.6. The molecule has 3 aromatic rings. The topological polar surface area (TPSA) is 97.7 Å². The number of halogens is 4. The molecule has 1 aromatic heterocycles. The minimum atomic E-state index is -4.52. The Morgan fingerprint density at radius 3 is 2.65 bits per heavy atom. The molecule has 9 nitrogen and oxygen atoms in total. The Morgan fingerprint density at radius 1 is 1.22 bits per heavy atom. The second-order valence-corrected chi connectivity index (χ2v) is 15.5. The van der Waals surface area contributed by atoms with Crippen LogP contribution in [0.25, 0.3) is 11.0 Å². The lowest BCUT2D eigenvalue weighted by molar-refractivity contribution is -0.139. The third-order valence-corrected chi connectivity index (χ3v) is 9.90. The van der Waals surface area contributed by atoms with Crippen LogP contribution < -0.4 is 20.7 Å². The highest BCUT2D eigenvalue weighted by Gasteiger charge is 2.39. The predicted molar refractivity (Wildman–Crippen MR) is 169 cm³/mol. The van der Waals surface area contributed by atoms with Crippen LogP contribution in [0.15, 0.2) is 36.7 Å². The molecule has 2 fully saturated rings. The molecule has 248 valence electrons. The Kier molecular flexibility index (Phi) is 10.0. The van der Waals surface area contributed by atoms with Gasteiger partial charge in [0.1, 0.15) is 31.1 Å². The number of ether oxygens (including phenoxy) is 2. The summed E-state index contributed by atoms with van der Waals surface area (Å²) in [6.45, 7) is 5.93. The van der Waals surface area contributed by atoms with E-state index in [4.69, 9.17) is 9.47 Å². The standard InChI is InChI=1S/C32H38F4N5O4P/c1-20-15-40(22-9-11-45-17-22)16-25(33)29(20)39-31(42)24-12-21(13-27-30(24)38-19-41(27)18-32(34,35)36)6-5-10-37-26-14-23(46(3,4)43)7-8-28(26)44-2/h7-8,12-14,19-20,22,25,29,37H,9-11,15-18H2,1-4H3,(H,39,42)/t20-,22?,25-,29+/m0/s1. The number of alkyl halides is 4. The van der Waals surface area contributed by atoms with Gasteiger partial charge in [-0.15, -0.1) is 0 Å². The second kappa shape index (κ2) is 13.6. The third kappa shape index (κ3) is 7.85. The molecular weight excluding hydrogens is 625 g/mol. The van der Waals surface area contributed by atoms with Crippen molar-refractivity contribution in [2.45, 2.75) is 44.3 Å². The van der Waals surface area contributed by atoms with E-state index in [1.807, 2.05) is 6.92 Å². The number of hydrogen-bond donors (Lipinski definition) is 2. The lowest BCUT2D eigenvalue weighted by Crippen LogP contribution is -2.59. The maximum Gasteiger partial charge on any atom is 0.406 e. The third-order valence-electron chi connectivity index (χ3n) is 8.38. The summed E-state index contributed by atoms with van der Waals surface area (Å²) in [7, 11) is -1.02. The van der Waals surface area contributed by atoms with Crippen molar-refractivity contribution in [1.29, 1.82) is 0 Å². The molecule has 0 bridgehead atoms. The summed E-state index contributed by atoms with van der Waals surface area (Å²) >= 11 is 0. The number of aromatic nitrogens is 2. The van der Waals surface area contributed by atoms with Crippen molar-refractivity contribution < 1.29 is 36.4 Å². The van der Waals surface area contributed by atoms with E-state index in [1.165, 1.54) is 19.2 Å². The molecule has 2 saturated heterocycles. The molecule has 2 aliphatic heterocycles. The Balaban J connectivity index is 1.39. The number of rotatable bonds is 8. The van der Waals surface area contributed by atoms with E-state index in [9.17, 15) is 22.5 Å². The summed E-state index contributed by atoms with van der Waals surface area (Å²) in [6, 6.07) is 7.45. The van der Waals surface area contributed by atoms with Gasteiger partial charge in [-0.05, 0) is 56.0 Å². The van der Waals surface area contributed by atoms with Crippen LogP contribution in [-0.4, -0.2) is 98.1 Å². The van der Waals surface area contributed by atoms with Gasteiger partial charge in [0.25, 0.3) is 5.91 Å². The molecule has 1 amide bonds. The SMILES string of the molecule is COc1ccc(P(C)(C)=O)cc1NCC#Cc1cc(C(=O)N[C@@H]2[C@@H](C)CN(C3CCOC3)C[C@@H]2F)c2ncn(CC(F)(F)F)c2c1. The minimum Gasteiger partial charge on any atom is -0.495 e. The Bertz CT molecular complexity index is 1680.